The molecule has 0 saturated heterocycles. The first kappa shape index (κ1) is 12.2. The molecule has 2 heterocycles. The van der Waals surface area contributed by atoms with Gasteiger partial charge in [-0.1, -0.05) is 15.9 Å². The van der Waals surface area contributed by atoms with Crippen molar-refractivity contribution in [3.63, 3.8) is 0 Å². The number of ether oxygens (including phenoxy) is 1. The number of hydrogen-bond acceptors (Lipinski definition) is 6. The van der Waals surface area contributed by atoms with Gasteiger partial charge in [0.1, 0.15) is 0 Å². The fraction of sp³-hybridized carbons (Fsp3) is 0.556. The third kappa shape index (κ3) is 2.89. The fourth-order valence-electron chi connectivity index (χ4n) is 1.45. The molecular formula is C9H13BrN6O. The summed E-state index contributed by atoms with van der Waals surface area (Å²) in [6.45, 7) is 2.29. The molecule has 0 N–H and O–H groups in total. The zero-order chi connectivity index (χ0) is 12.1. The van der Waals surface area contributed by atoms with Gasteiger partial charge in [0.25, 0.3) is 0 Å². The van der Waals surface area contributed by atoms with Crippen LogP contribution >= 0.6 is 15.9 Å². The molecular weight excluding hydrogens is 288 g/mol. The van der Waals surface area contributed by atoms with Crippen LogP contribution in [0.15, 0.2) is 12.1 Å². The Bertz CT molecular complexity index is 475. The molecule has 8 heteroatoms. The topological polar surface area (TPSA) is 68.4 Å². The maximum absolute atomic E-state index is 5.08. The summed E-state index contributed by atoms with van der Waals surface area (Å²) in [5.41, 5.74) is 0.638. The Morgan fingerprint density at radius 3 is 3.06 bits per heavy atom. The summed E-state index contributed by atoms with van der Waals surface area (Å²) in [7, 11) is 1.68. The summed E-state index contributed by atoms with van der Waals surface area (Å²) in [5, 5.41) is 16.4. The summed E-state index contributed by atoms with van der Waals surface area (Å²) >= 11 is 3.42. The Morgan fingerprint density at radius 2 is 2.29 bits per heavy atom. The highest BCUT2D eigenvalue weighted by Gasteiger charge is 2.09. The molecule has 17 heavy (non-hydrogen) atoms. The number of anilines is 1. The maximum Gasteiger partial charge on any atom is 0.200 e. The third-order valence-corrected chi connectivity index (χ3v) is 2.65. The van der Waals surface area contributed by atoms with E-state index in [1.54, 1.807) is 7.11 Å². The van der Waals surface area contributed by atoms with Crippen molar-refractivity contribution < 1.29 is 4.74 Å². The summed E-state index contributed by atoms with van der Waals surface area (Å²) in [6, 6.07) is 3.75. The lowest BCUT2D eigenvalue weighted by Gasteiger charge is -2.21. The smallest absolute Gasteiger partial charge is 0.200 e. The average molecular weight is 301 g/mol. The SMILES string of the molecule is COCCN(CCBr)c1ccc2nnnn2n1. The first-order valence-electron chi connectivity index (χ1n) is 5.20. The van der Waals surface area contributed by atoms with E-state index in [1.165, 1.54) is 4.63 Å². The van der Waals surface area contributed by atoms with Crippen LogP contribution in [0.1, 0.15) is 0 Å². The van der Waals surface area contributed by atoms with Gasteiger partial charge in [-0.3, -0.25) is 0 Å². The van der Waals surface area contributed by atoms with Gasteiger partial charge in [-0.15, -0.1) is 14.8 Å². The van der Waals surface area contributed by atoms with E-state index >= 15 is 0 Å². The lowest BCUT2D eigenvalue weighted by atomic mass is 10.4. The van der Waals surface area contributed by atoms with Crippen molar-refractivity contribution in [2.45, 2.75) is 0 Å². The Morgan fingerprint density at radius 1 is 1.41 bits per heavy atom. The van der Waals surface area contributed by atoms with Crippen molar-refractivity contribution in [2.75, 3.05) is 37.0 Å². The van der Waals surface area contributed by atoms with Gasteiger partial charge in [0.05, 0.1) is 6.61 Å². The zero-order valence-electron chi connectivity index (χ0n) is 9.45. The molecule has 0 spiro atoms. The minimum atomic E-state index is 0.638. The average Bonchev–Trinajstić information content (AvgIpc) is 2.81. The highest BCUT2D eigenvalue weighted by molar-refractivity contribution is 9.09. The summed E-state index contributed by atoms with van der Waals surface area (Å²) in [5.74, 6) is 0.835. The summed E-state index contributed by atoms with van der Waals surface area (Å²) < 4.78 is 6.50. The number of nitrogens with zero attached hydrogens (tertiary/aromatic N) is 6. The van der Waals surface area contributed by atoms with Crippen LogP contribution in [0.4, 0.5) is 5.82 Å². The van der Waals surface area contributed by atoms with Gasteiger partial charge in [0, 0.05) is 25.5 Å². The molecule has 0 amide bonds. The van der Waals surface area contributed by atoms with E-state index in [9.17, 15) is 0 Å². The standard InChI is InChI=1S/C9H13BrN6O/c1-17-7-6-15(5-4-10)9-3-2-8-11-13-14-16(8)12-9/h2-3H,4-7H2,1H3. The van der Waals surface area contributed by atoms with Crippen molar-refractivity contribution in [3.8, 4) is 0 Å². The van der Waals surface area contributed by atoms with Crippen molar-refractivity contribution in [2.24, 2.45) is 0 Å². The number of alkyl halides is 1. The van der Waals surface area contributed by atoms with Crippen LogP contribution in [-0.2, 0) is 4.74 Å². The van der Waals surface area contributed by atoms with E-state index in [0.29, 0.717) is 12.3 Å². The molecule has 0 aromatic carbocycles. The highest BCUT2D eigenvalue weighted by Crippen LogP contribution is 2.10. The van der Waals surface area contributed by atoms with Gasteiger partial charge in [-0.25, -0.2) is 0 Å². The second-order valence-corrected chi connectivity index (χ2v) is 4.18. The highest BCUT2D eigenvalue weighted by atomic mass is 79.9. The molecule has 0 unspecified atom stereocenters. The fourth-order valence-corrected chi connectivity index (χ4v) is 1.88. The molecule has 2 aromatic heterocycles. The molecule has 0 fully saturated rings. The monoisotopic (exact) mass is 300 g/mol. The molecule has 0 aliphatic rings. The van der Waals surface area contributed by atoms with Crippen molar-refractivity contribution in [3.05, 3.63) is 12.1 Å². The summed E-state index contributed by atoms with van der Waals surface area (Å²) in [4.78, 5) is 2.11. The van der Waals surface area contributed by atoms with Gasteiger partial charge >= 0.3 is 0 Å². The number of aromatic nitrogens is 5. The van der Waals surface area contributed by atoms with Crippen LogP contribution in [0.25, 0.3) is 5.65 Å². The summed E-state index contributed by atoms with van der Waals surface area (Å²) in [6.07, 6.45) is 0. The van der Waals surface area contributed by atoms with Crippen LogP contribution < -0.4 is 4.90 Å². The Balaban J connectivity index is 2.20. The molecule has 0 bridgehead atoms. The van der Waals surface area contributed by atoms with Gasteiger partial charge in [0.2, 0.25) is 0 Å². The minimum Gasteiger partial charge on any atom is -0.383 e. The van der Waals surface area contributed by atoms with Crippen molar-refractivity contribution in [1.82, 2.24) is 25.3 Å². The zero-order valence-corrected chi connectivity index (χ0v) is 11.0. The van der Waals surface area contributed by atoms with Gasteiger partial charge in [-0.05, 0) is 22.6 Å². The normalized spacial score (nSPS) is 10.9. The lowest BCUT2D eigenvalue weighted by Crippen LogP contribution is -2.30. The predicted molar refractivity (Wildman–Crippen MR) is 66.5 cm³/mol. The molecule has 0 radical (unpaired) electrons. The van der Waals surface area contributed by atoms with Crippen LogP contribution in [0.3, 0.4) is 0 Å². The second-order valence-electron chi connectivity index (χ2n) is 3.39. The number of methoxy groups -OCH3 is 1. The first-order chi connectivity index (χ1) is 8.35. The first-order valence-corrected chi connectivity index (χ1v) is 6.32. The second kappa shape index (κ2) is 5.87. The quantitative estimate of drug-likeness (QED) is 0.718. The number of tetrazole rings is 1. The maximum atomic E-state index is 5.08. The van der Waals surface area contributed by atoms with E-state index in [1.807, 2.05) is 12.1 Å². The number of halogens is 1. The number of hydrogen-bond donors (Lipinski definition) is 0. The molecule has 0 aliphatic carbocycles. The van der Waals surface area contributed by atoms with E-state index < -0.39 is 0 Å². The molecule has 0 saturated carbocycles. The molecule has 7 nitrogen and oxygen atoms in total. The van der Waals surface area contributed by atoms with Gasteiger partial charge in [0.15, 0.2) is 11.5 Å². The van der Waals surface area contributed by atoms with Crippen molar-refractivity contribution in [1.29, 1.82) is 0 Å². The Hall–Kier alpha value is -1.28. The number of rotatable bonds is 6. The third-order valence-electron chi connectivity index (χ3n) is 2.30. The van der Waals surface area contributed by atoms with E-state index in [-0.39, 0.29) is 0 Å². The predicted octanol–water partition coefficient (Wildman–Crippen LogP) is 0.367. The lowest BCUT2D eigenvalue weighted by molar-refractivity contribution is 0.205. The van der Waals surface area contributed by atoms with Crippen LogP contribution in [-0.4, -0.2) is 57.4 Å². The molecule has 92 valence electrons. The number of fused-ring (bicyclic) bond motifs is 1. The van der Waals surface area contributed by atoms with Crippen LogP contribution in [0.2, 0.25) is 0 Å². The minimum absolute atomic E-state index is 0.638. The van der Waals surface area contributed by atoms with Crippen molar-refractivity contribution >= 4 is 27.4 Å². The molecule has 0 atom stereocenters. The van der Waals surface area contributed by atoms with Crippen LogP contribution in [0, 0.1) is 0 Å². The van der Waals surface area contributed by atoms with Gasteiger partial charge < -0.3 is 9.64 Å². The van der Waals surface area contributed by atoms with Crippen LogP contribution in [0.5, 0.6) is 0 Å². The van der Waals surface area contributed by atoms with Gasteiger partial charge in [-0.2, -0.15) is 0 Å². The Labute approximate surface area is 107 Å². The van der Waals surface area contributed by atoms with E-state index in [2.05, 4.69) is 41.5 Å². The van der Waals surface area contributed by atoms with E-state index in [0.717, 1.165) is 24.2 Å². The Kier molecular flexibility index (Phi) is 4.21. The molecule has 2 rings (SSSR count). The largest absolute Gasteiger partial charge is 0.383 e. The van der Waals surface area contributed by atoms with E-state index in [4.69, 9.17) is 4.74 Å². The molecule has 0 aliphatic heterocycles. The molecule has 2 aromatic rings.